The molecule has 1 aliphatic heterocycles. The van der Waals surface area contributed by atoms with Gasteiger partial charge in [0.05, 0.1) is 4.88 Å². The number of thiophene rings is 1. The number of carbonyl (C=O) groups is 1. The second kappa shape index (κ2) is 6.92. The molecule has 4 nitrogen and oxygen atoms in total. The van der Waals surface area contributed by atoms with Crippen molar-refractivity contribution in [2.24, 2.45) is 17.8 Å². The van der Waals surface area contributed by atoms with Gasteiger partial charge in [0.15, 0.2) is 6.54 Å². The van der Waals surface area contributed by atoms with Gasteiger partial charge in [-0.1, -0.05) is 6.07 Å². The Bertz CT molecular complexity index is 600. The van der Waals surface area contributed by atoms with Gasteiger partial charge in [-0.05, 0) is 67.7 Å². The lowest BCUT2D eigenvalue weighted by atomic mass is 9.53. The predicted molar refractivity (Wildman–Crippen MR) is 103 cm³/mol. The summed E-state index contributed by atoms with van der Waals surface area (Å²) < 4.78 is 0. The largest absolute Gasteiger partial charge is 0.346 e. The van der Waals surface area contributed by atoms with E-state index in [1.807, 2.05) is 11.3 Å². The first-order valence-corrected chi connectivity index (χ1v) is 11.5. The molecule has 142 valence electrons. The van der Waals surface area contributed by atoms with Crippen LogP contribution < -0.4 is 15.1 Å². The monoisotopic (exact) mass is 375 g/mol. The Morgan fingerprint density at radius 3 is 2.23 bits per heavy atom. The van der Waals surface area contributed by atoms with E-state index >= 15 is 0 Å². The van der Waals surface area contributed by atoms with Gasteiger partial charge in [-0.15, -0.1) is 11.3 Å². The maximum atomic E-state index is 12.8. The number of carbonyl (C=O) groups excluding carboxylic acids is 1. The highest BCUT2D eigenvalue weighted by Crippen LogP contribution is 2.55. The number of nitrogens with one attached hydrogen (secondary N) is 3. The second-order valence-corrected chi connectivity index (χ2v) is 10.7. The van der Waals surface area contributed by atoms with E-state index in [1.165, 1.54) is 61.4 Å². The Balaban J connectivity index is 1.10. The molecular formula is C21H33N3OS+2. The van der Waals surface area contributed by atoms with Crippen LogP contribution in [0.15, 0.2) is 17.5 Å². The van der Waals surface area contributed by atoms with Crippen molar-refractivity contribution in [1.82, 2.24) is 5.32 Å². The molecule has 0 atom stereocenters. The Morgan fingerprint density at radius 2 is 1.65 bits per heavy atom. The average Bonchev–Trinajstić information content (AvgIpc) is 3.08. The van der Waals surface area contributed by atoms with Gasteiger partial charge >= 0.3 is 0 Å². The SMILES string of the molecule is O=C(C[NH+]1CC[NH+](Cc2cccs2)CC1)NC12CC3CC(CC(C3)C1)C2. The van der Waals surface area contributed by atoms with Crippen LogP contribution in [-0.4, -0.2) is 44.2 Å². The predicted octanol–water partition coefficient (Wildman–Crippen LogP) is 0.117. The summed E-state index contributed by atoms with van der Waals surface area (Å²) in [6.45, 7) is 6.50. The molecule has 5 fully saturated rings. The molecule has 0 spiro atoms. The van der Waals surface area contributed by atoms with E-state index in [1.54, 1.807) is 4.90 Å². The minimum atomic E-state index is 0.178. The normalized spacial score (nSPS) is 41.3. The van der Waals surface area contributed by atoms with Crippen LogP contribution in [0.5, 0.6) is 0 Å². The third-order valence-corrected chi connectivity index (χ3v) is 8.40. The van der Waals surface area contributed by atoms with Crippen molar-refractivity contribution < 1.29 is 14.6 Å². The Hall–Kier alpha value is -0.910. The minimum absolute atomic E-state index is 0.178. The summed E-state index contributed by atoms with van der Waals surface area (Å²) in [7, 11) is 0. The van der Waals surface area contributed by atoms with Gasteiger partial charge in [0.2, 0.25) is 0 Å². The molecule has 4 aliphatic carbocycles. The molecule has 26 heavy (non-hydrogen) atoms. The van der Waals surface area contributed by atoms with Crippen molar-refractivity contribution in [2.45, 2.75) is 50.6 Å². The van der Waals surface area contributed by atoms with Gasteiger partial charge in [0.1, 0.15) is 32.7 Å². The second-order valence-electron chi connectivity index (χ2n) is 9.68. The maximum absolute atomic E-state index is 12.8. The van der Waals surface area contributed by atoms with Crippen LogP contribution in [0.25, 0.3) is 0 Å². The van der Waals surface area contributed by atoms with E-state index in [0.717, 1.165) is 37.4 Å². The van der Waals surface area contributed by atoms with Crippen molar-refractivity contribution in [3.8, 4) is 0 Å². The maximum Gasteiger partial charge on any atom is 0.275 e. The summed E-state index contributed by atoms with van der Waals surface area (Å²) in [5.74, 6) is 3.03. The quantitative estimate of drug-likeness (QED) is 0.672. The third kappa shape index (κ3) is 3.58. The molecule has 1 aromatic rings. The zero-order valence-corrected chi connectivity index (χ0v) is 16.6. The third-order valence-electron chi connectivity index (χ3n) is 7.52. The molecule has 0 aromatic carbocycles. The molecule has 4 saturated carbocycles. The number of piperazine rings is 1. The first-order valence-electron chi connectivity index (χ1n) is 10.7. The van der Waals surface area contributed by atoms with Gasteiger partial charge in [0.25, 0.3) is 5.91 Å². The molecule has 4 bridgehead atoms. The Morgan fingerprint density at radius 1 is 1.04 bits per heavy atom. The zero-order chi connectivity index (χ0) is 17.6. The van der Waals surface area contributed by atoms with Crippen molar-refractivity contribution in [3.63, 3.8) is 0 Å². The molecule has 0 unspecified atom stereocenters. The van der Waals surface area contributed by atoms with Crippen LogP contribution in [0.2, 0.25) is 0 Å². The van der Waals surface area contributed by atoms with E-state index in [0.29, 0.717) is 12.5 Å². The van der Waals surface area contributed by atoms with Crippen molar-refractivity contribution in [1.29, 1.82) is 0 Å². The van der Waals surface area contributed by atoms with Crippen LogP contribution >= 0.6 is 11.3 Å². The summed E-state index contributed by atoms with van der Waals surface area (Å²) in [5.41, 5.74) is 0.178. The molecular weight excluding hydrogens is 342 g/mol. The van der Waals surface area contributed by atoms with E-state index < -0.39 is 0 Å². The summed E-state index contributed by atoms with van der Waals surface area (Å²) >= 11 is 1.87. The summed E-state index contributed by atoms with van der Waals surface area (Å²) in [6.07, 6.45) is 8.11. The summed E-state index contributed by atoms with van der Waals surface area (Å²) in [6, 6.07) is 4.39. The highest BCUT2D eigenvalue weighted by atomic mass is 32.1. The molecule has 2 heterocycles. The standard InChI is InChI=1S/C21H31N3OS/c25-20(22-21-11-16-8-17(12-21)10-18(9-16)13-21)15-24-5-3-23(4-6-24)14-19-2-1-7-26-19/h1-2,7,16-18H,3-6,8-15H2,(H,22,25)/p+2. The smallest absolute Gasteiger partial charge is 0.275 e. The highest BCUT2D eigenvalue weighted by molar-refractivity contribution is 7.09. The molecule has 3 N–H and O–H groups in total. The van der Waals surface area contributed by atoms with Crippen LogP contribution in [0.3, 0.4) is 0 Å². The van der Waals surface area contributed by atoms with E-state index in [-0.39, 0.29) is 5.54 Å². The van der Waals surface area contributed by atoms with Crippen molar-refractivity contribution >= 4 is 17.2 Å². The van der Waals surface area contributed by atoms with Gasteiger partial charge < -0.3 is 15.1 Å². The van der Waals surface area contributed by atoms with Crippen molar-refractivity contribution in [2.75, 3.05) is 32.7 Å². The number of rotatable bonds is 5. The fourth-order valence-corrected chi connectivity index (χ4v) is 7.58. The molecule has 1 aromatic heterocycles. The van der Waals surface area contributed by atoms with Gasteiger partial charge in [-0.25, -0.2) is 0 Å². The lowest BCUT2D eigenvalue weighted by Crippen LogP contribution is -3.28. The zero-order valence-electron chi connectivity index (χ0n) is 15.8. The Labute approximate surface area is 160 Å². The number of hydrogen-bond acceptors (Lipinski definition) is 2. The molecule has 1 amide bonds. The fraction of sp³-hybridized carbons (Fsp3) is 0.762. The number of hydrogen-bond donors (Lipinski definition) is 3. The first-order chi connectivity index (χ1) is 12.7. The Kier molecular flexibility index (Phi) is 4.58. The number of amides is 1. The molecule has 5 aliphatic rings. The van der Waals surface area contributed by atoms with Crippen LogP contribution in [-0.2, 0) is 11.3 Å². The minimum Gasteiger partial charge on any atom is -0.346 e. The summed E-state index contributed by atoms with van der Waals surface area (Å²) in [4.78, 5) is 17.5. The van der Waals surface area contributed by atoms with E-state index in [9.17, 15) is 4.79 Å². The first kappa shape index (κ1) is 17.2. The van der Waals surface area contributed by atoms with E-state index in [4.69, 9.17) is 0 Å². The van der Waals surface area contributed by atoms with Crippen LogP contribution in [0.4, 0.5) is 0 Å². The summed E-state index contributed by atoms with van der Waals surface area (Å²) in [5, 5.41) is 5.73. The number of quaternary nitrogens is 2. The van der Waals surface area contributed by atoms with Gasteiger partial charge in [-0.3, -0.25) is 4.79 Å². The van der Waals surface area contributed by atoms with Crippen molar-refractivity contribution in [3.05, 3.63) is 22.4 Å². The fourth-order valence-electron chi connectivity index (χ4n) is 6.80. The van der Waals surface area contributed by atoms with Crippen LogP contribution in [0, 0.1) is 17.8 Å². The van der Waals surface area contributed by atoms with E-state index in [2.05, 4.69) is 22.8 Å². The molecule has 5 heteroatoms. The van der Waals surface area contributed by atoms with Crippen LogP contribution in [0.1, 0.15) is 43.4 Å². The lowest BCUT2D eigenvalue weighted by Gasteiger charge is -2.56. The van der Waals surface area contributed by atoms with Gasteiger partial charge in [-0.2, -0.15) is 0 Å². The van der Waals surface area contributed by atoms with Gasteiger partial charge in [0, 0.05) is 5.54 Å². The lowest BCUT2D eigenvalue weighted by molar-refractivity contribution is -1.01. The highest BCUT2D eigenvalue weighted by Gasteiger charge is 2.51. The molecule has 1 saturated heterocycles. The molecule has 6 rings (SSSR count). The average molecular weight is 376 g/mol. The topological polar surface area (TPSA) is 38.0 Å². The molecule has 0 radical (unpaired) electrons.